The van der Waals surface area contributed by atoms with Crippen LogP contribution >= 0.6 is 34.8 Å². The van der Waals surface area contributed by atoms with Gasteiger partial charge in [-0.3, -0.25) is 9.59 Å². The van der Waals surface area contributed by atoms with Gasteiger partial charge < -0.3 is 0 Å². The highest BCUT2D eigenvalue weighted by atomic mass is 35.5. The summed E-state index contributed by atoms with van der Waals surface area (Å²) in [7, 11) is 0. The Balaban J connectivity index is 1.62. The van der Waals surface area contributed by atoms with Gasteiger partial charge in [-0.15, -0.1) is 0 Å². The van der Waals surface area contributed by atoms with Crippen LogP contribution in [0.2, 0.25) is 15.1 Å². The van der Waals surface area contributed by atoms with Crippen LogP contribution in [-0.2, 0) is 9.59 Å². The van der Waals surface area contributed by atoms with Crippen molar-refractivity contribution in [1.29, 1.82) is 0 Å². The average molecular weight is 437 g/mol. The van der Waals surface area contributed by atoms with Gasteiger partial charge >= 0.3 is 0 Å². The number of halogens is 3. The smallest absolute Gasteiger partial charge is 0.253 e. The number of carbonyl (C=O) groups is 2. The van der Waals surface area contributed by atoms with Gasteiger partial charge in [0.25, 0.3) is 5.91 Å². The second kappa shape index (κ2) is 6.71. The summed E-state index contributed by atoms with van der Waals surface area (Å²) in [4.78, 5) is 28.0. The molecule has 3 atom stereocenters. The largest absolute Gasteiger partial charge is 0.274 e. The summed E-state index contributed by atoms with van der Waals surface area (Å²) < 4.78 is 0. The van der Waals surface area contributed by atoms with Crippen LogP contribution in [0.4, 0.5) is 5.69 Å². The van der Waals surface area contributed by atoms with E-state index < -0.39 is 12.0 Å². The van der Waals surface area contributed by atoms with E-state index in [2.05, 4.69) is 5.01 Å². The van der Waals surface area contributed by atoms with Crippen LogP contribution in [0, 0.1) is 5.92 Å². The SMILES string of the molecule is O=C1[C@@H]2[C@H](C(=O)N1c1c(Cl)cccc1Cl)N1CCCN1[C@H]2c1ccc(Cl)cc1. The van der Waals surface area contributed by atoms with Gasteiger partial charge in [0.1, 0.15) is 6.04 Å². The van der Waals surface area contributed by atoms with Gasteiger partial charge in [0.05, 0.1) is 27.7 Å². The van der Waals surface area contributed by atoms with E-state index in [1.807, 2.05) is 29.3 Å². The highest BCUT2D eigenvalue weighted by Crippen LogP contribution is 2.50. The number of carbonyl (C=O) groups excluding carboxylic acids is 2. The molecule has 3 aliphatic heterocycles. The highest BCUT2D eigenvalue weighted by molar-refractivity contribution is 6.42. The molecule has 5 rings (SSSR count). The molecule has 0 spiro atoms. The number of imide groups is 1. The van der Waals surface area contributed by atoms with E-state index in [1.54, 1.807) is 18.2 Å². The molecule has 0 N–H and O–H groups in total. The molecule has 0 aliphatic carbocycles. The number of anilines is 1. The zero-order chi connectivity index (χ0) is 19.6. The molecule has 8 heteroatoms. The molecule has 2 aromatic carbocycles. The Kier molecular flexibility index (Phi) is 4.41. The summed E-state index contributed by atoms with van der Waals surface area (Å²) in [5, 5.41) is 5.40. The van der Waals surface area contributed by atoms with E-state index in [1.165, 1.54) is 4.90 Å². The molecule has 28 heavy (non-hydrogen) atoms. The second-order valence-corrected chi connectivity index (χ2v) is 8.48. The number of hydrogen-bond acceptors (Lipinski definition) is 4. The Bertz CT molecular complexity index is 961. The number of benzene rings is 2. The summed E-state index contributed by atoms with van der Waals surface area (Å²) in [6, 6.07) is 11.7. The maximum atomic E-state index is 13.5. The average Bonchev–Trinajstić information content (AvgIpc) is 3.30. The fourth-order valence-corrected chi connectivity index (χ4v) is 5.39. The Morgan fingerprint density at radius 2 is 1.39 bits per heavy atom. The third-order valence-corrected chi connectivity index (χ3v) is 6.64. The van der Waals surface area contributed by atoms with Crippen LogP contribution < -0.4 is 4.90 Å². The number of nitrogens with zero attached hydrogens (tertiary/aromatic N) is 3. The fourth-order valence-electron chi connectivity index (χ4n) is 4.70. The summed E-state index contributed by atoms with van der Waals surface area (Å²) in [5.74, 6) is -1.05. The molecule has 0 bridgehead atoms. The van der Waals surface area contributed by atoms with Crippen molar-refractivity contribution in [2.75, 3.05) is 18.0 Å². The molecule has 3 fully saturated rings. The number of hydrazine groups is 1. The first-order valence-electron chi connectivity index (χ1n) is 9.09. The van der Waals surface area contributed by atoms with Gasteiger partial charge in [-0.1, -0.05) is 53.0 Å². The van der Waals surface area contributed by atoms with Crippen LogP contribution in [0.3, 0.4) is 0 Å². The van der Waals surface area contributed by atoms with Gasteiger partial charge in [-0.05, 0) is 36.2 Å². The quantitative estimate of drug-likeness (QED) is 0.663. The van der Waals surface area contributed by atoms with Gasteiger partial charge in [-0.2, -0.15) is 0 Å². The van der Waals surface area contributed by atoms with Gasteiger partial charge in [0.15, 0.2) is 0 Å². The first-order chi connectivity index (χ1) is 13.5. The lowest BCUT2D eigenvalue weighted by Gasteiger charge is -2.30. The molecular weight excluding hydrogens is 421 g/mol. The summed E-state index contributed by atoms with van der Waals surface area (Å²) in [6.45, 7) is 1.56. The van der Waals surface area contributed by atoms with E-state index in [0.717, 1.165) is 25.1 Å². The van der Waals surface area contributed by atoms with Gasteiger partial charge in [-0.25, -0.2) is 14.9 Å². The monoisotopic (exact) mass is 435 g/mol. The molecule has 0 aromatic heterocycles. The maximum Gasteiger partial charge on any atom is 0.253 e. The first-order valence-corrected chi connectivity index (χ1v) is 10.2. The van der Waals surface area contributed by atoms with Crippen molar-refractivity contribution in [3.05, 3.63) is 63.1 Å². The second-order valence-electron chi connectivity index (χ2n) is 7.23. The molecule has 0 saturated carbocycles. The molecule has 2 amide bonds. The third kappa shape index (κ3) is 2.54. The predicted octanol–water partition coefficient (Wildman–Crippen LogP) is 4.18. The lowest BCUT2D eigenvalue weighted by molar-refractivity contribution is -0.126. The molecular formula is C20H16Cl3N3O2. The van der Waals surface area contributed by atoms with Gasteiger partial charge in [0, 0.05) is 18.1 Å². The lowest BCUT2D eigenvalue weighted by Crippen LogP contribution is -2.44. The first kappa shape index (κ1) is 18.4. The number of fused-ring (bicyclic) bond motifs is 3. The van der Waals surface area contributed by atoms with E-state index in [9.17, 15) is 9.59 Å². The number of para-hydroxylation sites is 1. The molecule has 3 heterocycles. The van der Waals surface area contributed by atoms with Crippen LogP contribution in [-0.4, -0.2) is 41.0 Å². The topological polar surface area (TPSA) is 43.9 Å². The van der Waals surface area contributed by atoms with Crippen LogP contribution in [0.25, 0.3) is 0 Å². The van der Waals surface area contributed by atoms with Crippen molar-refractivity contribution < 1.29 is 9.59 Å². The lowest BCUT2D eigenvalue weighted by atomic mass is 9.90. The summed E-state index contributed by atoms with van der Waals surface area (Å²) >= 11 is 18.7. The van der Waals surface area contributed by atoms with Crippen molar-refractivity contribution in [2.45, 2.75) is 18.5 Å². The number of rotatable bonds is 2. The van der Waals surface area contributed by atoms with Crippen LogP contribution in [0.1, 0.15) is 18.0 Å². The highest BCUT2D eigenvalue weighted by Gasteiger charge is 2.63. The van der Waals surface area contributed by atoms with Crippen molar-refractivity contribution >= 4 is 52.3 Å². The van der Waals surface area contributed by atoms with E-state index in [0.29, 0.717) is 5.02 Å². The van der Waals surface area contributed by atoms with Crippen molar-refractivity contribution in [3.8, 4) is 0 Å². The van der Waals surface area contributed by atoms with E-state index >= 15 is 0 Å². The Morgan fingerprint density at radius 1 is 0.786 bits per heavy atom. The van der Waals surface area contributed by atoms with Crippen molar-refractivity contribution in [1.82, 2.24) is 10.0 Å². The number of amides is 2. The molecule has 3 aliphatic rings. The van der Waals surface area contributed by atoms with Crippen molar-refractivity contribution in [3.63, 3.8) is 0 Å². The minimum Gasteiger partial charge on any atom is -0.274 e. The summed E-state index contributed by atoms with van der Waals surface area (Å²) in [5.41, 5.74) is 1.24. The zero-order valence-electron chi connectivity index (χ0n) is 14.7. The van der Waals surface area contributed by atoms with Crippen LogP contribution in [0.5, 0.6) is 0 Å². The Labute approximate surface area is 177 Å². The maximum absolute atomic E-state index is 13.5. The minimum absolute atomic E-state index is 0.215. The normalized spacial score (nSPS) is 27.5. The molecule has 2 aromatic rings. The number of hydrogen-bond donors (Lipinski definition) is 0. The third-order valence-electron chi connectivity index (χ3n) is 5.78. The van der Waals surface area contributed by atoms with E-state index in [4.69, 9.17) is 34.8 Å². The Hall–Kier alpha value is -1.63. The Morgan fingerprint density at radius 3 is 2.04 bits per heavy atom. The molecule has 3 saturated heterocycles. The van der Waals surface area contributed by atoms with Crippen molar-refractivity contribution in [2.24, 2.45) is 5.92 Å². The standard InChI is InChI=1S/C20H16Cl3N3O2/c21-12-7-5-11(6-8-12)16-15-18(25-10-2-9-24(16)25)20(28)26(19(15)27)17-13(22)3-1-4-14(17)23/h1,3-8,15-16,18H,2,9-10H2/t15-,16-,18+/m0/s1. The molecule has 0 radical (unpaired) electrons. The van der Waals surface area contributed by atoms with Crippen LogP contribution in [0.15, 0.2) is 42.5 Å². The van der Waals surface area contributed by atoms with Gasteiger partial charge in [0.2, 0.25) is 5.91 Å². The molecule has 5 nitrogen and oxygen atoms in total. The predicted molar refractivity (Wildman–Crippen MR) is 108 cm³/mol. The molecule has 0 unspecified atom stereocenters. The fraction of sp³-hybridized carbons (Fsp3) is 0.300. The van der Waals surface area contributed by atoms with E-state index in [-0.39, 0.29) is 33.6 Å². The molecule has 144 valence electrons. The minimum atomic E-state index is -0.539. The zero-order valence-corrected chi connectivity index (χ0v) is 17.0. The summed E-state index contributed by atoms with van der Waals surface area (Å²) in [6.07, 6.45) is 0.946.